The molecule has 2 bridgehead atoms. The zero-order valence-electron chi connectivity index (χ0n) is 6.80. The Morgan fingerprint density at radius 1 is 1.67 bits per heavy atom. The molecular formula is C8H11NO3. The molecule has 0 saturated carbocycles. The van der Waals surface area contributed by atoms with Crippen LogP contribution in [0, 0.1) is 5.92 Å². The number of carbonyl (C=O) groups is 1. The SMILES string of the molecule is CN1C(=O)C2CC3OC2C1C3O. The predicted molar refractivity (Wildman–Crippen MR) is 39.3 cm³/mol. The van der Waals surface area contributed by atoms with Gasteiger partial charge in [-0.25, -0.2) is 0 Å². The molecule has 3 fully saturated rings. The lowest BCUT2D eigenvalue weighted by atomic mass is 9.88. The number of amides is 1. The molecule has 3 saturated heterocycles. The van der Waals surface area contributed by atoms with Gasteiger partial charge in [0.25, 0.3) is 0 Å². The van der Waals surface area contributed by atoms with Crippen molar-refractivity contribution in [1.29, 1.82) is 0 Å². The number of rotatable bonds is 0. The van der Waals surface area contributed by atoms with E-state index in [-0.39, 0.29) is 30.1 Å². The van der Waals surface area contributed by atoms with E-state index in [2.05, 4.69) is 0 Å². The maximum atomic E-state index is 11.5. The van der Waals surface area contributed by atoms with Crippen LogP contribution in [-0.2, 0) is 9.53 Å². The molecule has 66 valence electrons. The van der Waals surface area contributed by atoms with Crippen LogP contribution in [0.1, 0.15) is 6.42 Å². The number of aliphatic hydroxyl groups is 1. The number of hydrogen-bond acceptors (Lipinski definition) is 3. The van der Waals surface area contributed by atoms with Crippen LogP contribution in [0.4, 0.5) is 0 Å². The molecule has 0 aromatic rings. The van der Waals surface area contributed by atoms with Gasteiger partial charge in [-0.1, -0.05) is 0 Å². The Hall–Kier alpha value is -0.610. The molecule has 0 radical (unpaired) electrons. The lowest BCUT2D eigenvalue weighted by Crippen LogP contribution is -2.42. The van der Waals surface area contributed by atoms with Crippen molar-refractivity contribution in [3.8, 4) is 0 Å². The van der Waals surface area contributed by atoms with Crippen LogP contribution in [0.25, 0.3) is 0 Å². The van der Waals surface area contributed by atoms with Gasteiger partial charge in [-0.15, -0.1) is 0 Å². The molecule has 1 amide bonds. The summed E-state index contributed by atoms with van der Waals surface area (Å²) >= 11 is 0. The number of likely N-dealkylation sites (N-methyl/N-ethyl adjacent to an activating group) is 1. The topological polar surface area (TPSA) is 49.8 Å². The summed E-state index contributed by atoms with van der Waals surface area (Å²) in [4.78, 5) is 13.2. The van der Waals surface area contributed by atoms with Crippen molar-refractivity contribution in [2.75, 3.05) is 7.05 Å². The van der Waals surface area contributed by atoms with E-state index in [1.54, 1.807) is 11.9 Å². The molecule has 3 rings (SSSR count). The second-order valence-corrected chi connectivity index (χ2v) is 3.91. The fourth-order valence-corrected chi connectivity index (χ4v) is 2.79. The van der Waals surface area contributed by atoms with E-state index < -0.39 is 6.10 Å². The summed E-state index contributed by atoms with van der Waals surface area (Å²) in [5, 5.41) is 9.68. The maximum Gasteiger partial charge on any atom is 0.228 e. The average Bonchev–Trinajstić information content (AvgIpc) is 2.62. The monoisotopic (exact) mass is 169 g/mol. The van der Waals surface area contributed by atoms with Crippen LogP contribution in [0.3, 0.4) is 0 Å². The lowest BCUT2D eigenvalue weighted by Gasteiger charge is -2.22. The summed E-state index contributed by atoms with van der Waals surface area (Å²) in [6.07, 6.45) is 0.148. The first-order valence-electron chi connectivity index (χ1n) is 4.30. The summed E-state index contributed by atoms with van der Waals surface area (Å²) in [6, 6.07) is -0.0683. The van der Waals surface area contributed by atoms with Crippen LogP contribution < -0.4 is 0 Å². The molecule has 4 nitrogen and oxygen atoms in total. The molecule has 0 aromatic carbocycles. The molecule has 3 aliphatic heterocycles. The summed E-state index contributed by atoms with van der Waals surface area (Å²) in [5.41, 5.74) is 0. The van der Waals surface area contributed by atoms with Crippen molar-refractivity contribution in [1.82, 2.24) is 4.90 Å². The molecule has 5 atom stereocenters. The van der Waals surface area contributed by atoms with Crippen LogP contribution in [0.5, 0.6) is 0 Å². The highest BCUT2D eigenvalue weighted by atomic mass is 16.5. The van der Waals surface area contributed by atoms with Crippen LogP contribution in [-0.4, -0.2) is 47.3 Å². The van der Waals surface area contributed by atoms with E-state index in [1.807, 2.05) is 0 Å². The molecule has 4 heteroatoms. The molecular weight excluding hydrogens is 158 g/mol. The number of carbonyl (C=O) groups excluding carboxylic acids is 1. The van der Waals surface area contributed by atoms with Gasteiger partial charge in [0.15, 0.2) is 0 Å². The van der Waals surface area contributed by atoms with E-state index in [0.717, 1.165) is 0 Å². The Morgan fingerprint density at radius 3 is 3.00 bits per heavy atom. The normalized spacial score (nSPS) is 55.7. The van der Waals surface area contributed by atoms with Gasteiger partial charge in [-0.05, 0) is 6.42 Å². The third-order valence-electron chi connectivity index (χ3n) is 3.39. The van der Waals surface area contributed by atoms with Gasteiger partial charge in [-0.3, -0.25) is 4.79 Å². The van der Waals surface area contributed by atoms with E-state index in [9.17, 15) is 9.90 Å². The molecule has 12 heavy (non-hydrogen) atoms. The highest BCUT2D eigenvalue weighted by molar-refractivity contribution is 5.83. The van der Waals surface area contributed by atoms with Crippen LogP contribution in [0.2, 0.25) is 0 Å². The smallest absolute Gasteiger partial charge is 0.228 e. The van der Waals surface area contributed by atoms with Crippen LogP contribution >= 0.6 is 0 Å². The minimum Gasteiger partial charge on any atom is -0.388 e. The summed E-state index contributed by atoms with van der Waals surface area (Å²) in [5.74, 6) is 0.178. The second-order valence-electron chi connectivity index (χ2n) is 3.91. The fraction of sp³-hybridized carbons (Fsp3) is 0.875. The van der Waals surface area contributed by atoms with Gasteiger partial charge in [0, 0.05) is 7.05 Å². The highest BCUT2D eigenvalue weighted by Crippen LogP contribution is 2.46. The van der Waals surface area contributed by atoms with Crippen molar-refractivity contribution < 1.29 is 14.6 Å². The number of ether oxygens (including phenoxy) is 1. The van der Waals surface area contributed by atoms with Gasteiger partial charge in [0.2, 0.25) is 5.91 Å². The maximum absolute atomic E-state index is 11.5. The minimum atomic E-state index is -0.456. The minimum absolute atomic E-state index is 0.0255. The summed E-state index contributed by atoms with van der Waals surface area (Å²) < 4.78 is 5.50. The van der Waals surface area contributed by atoms with Crippen molar-refractivity contribution in [2.24, 2.45) is 5.92 Å². The zero-order chi connectivity index (χ0) is 8.46. The number of hydrogen-bond donors (Lipinski definition) is 1. The first-order valence-corrected chi connectivity index (χ1v) is 4.30. The van der Waals surface area contributed by atoms with Crippen molar-refractivity contribution in [2.45, 2.75) is 30.8 Å². The molecule has 0 spiro atoms. The number of likely N-dealkylation sites (tertiary alicyclic amines) is 1. The molecule has 1 N–H and O–H groups in total. The predicted octanol–water partition coefficient (Wildman–Crippen LogP) is -1.02. The quantitative estimate of drug-likeness (QED) is 0.504. The number of aliphatic hydroxyl groups excluding tert-OH is 1. The molecule has 5 unspecified atom stereocenters. The van der Waals surface area contributed by atoms with Gasteiger partial charge in [0.05, 0.1) is 24.2 Å². The standard InChI is InChI=1S/C8H11NO3/c1-9-5-6(10)4-2-3(8(9)11)7(5)12-4/h3-7,10H,2H2,1H3. The van der Waals surface area contributed by atoms with Crippen molar-refractivity contribution in [3.05, 3.63) is 0 Å². The summed E-state index contributed by atoms with van der Waals surface area (Å²) in [6.45, 7) is 0. The number of fused-ring (bicyclic) bond motifs is 1. The van der Waals surface area contributed by atoms with Crippen molar-refractivity contribution >= 4 is 5.91 Å². The number of nitrogens with zero attached hydrogens (tertiary/aromatic N) is 1. The third kappa shape index (κ3) is 0.528. The Labute approximate surface area is 70.1 Å². The molecule has 0 aliphatic carbocycles. The largest absolute Gasteiger partial charge is 0.388 e. The first-order chi connectivity index (χ1) is 5.70. The Balaban J connectivity index is 2.06. The fourth-order valence-electron chi connectivity index (χ4n) is 2.79. The van der Waals surface area contributed by atoms with Gasteiger partial charge in [-0.2, -0.15) is 0 Å². The molecule has 0 aromatic heterocycles. The third-order valence-corrected chi connectivity index (χ3v) is 3.39. The zero-order valence-corrected chi connectivity index (χ0v) is 6.80. The lowest BCUT2D eigenvalue weighted by molar-refractivity contribution is -0.130. The highest BCUT2D eigenvalue weighted by Gasteiger charge is 2.63. The Bertz CT molecular complexity index is 255. The van der Waals surface area contributed by atoms with Gasteiger partial charge >= 0.3 is 0 Å². The van der Waals surface area contributed by atoms with Crippen LogP contribution in [0.15, 0.2) is 0 Å². The van der Waals surface area contributed by atoms with Gasteiger partial charge in [0.1, 0.15) is 6.10 Å². The van der Waals surface area contributed by atoms with Crippen molar-refractivity contribution in [3.63, 3.8) is 0 Å². The van der Waals surface area contributed by atoms with E-state index >= 15 is 0 Å². The first kappa shape index (κ1) is 6.86. The average molecular weight is 169 g/mol. The van der Waals surface area contributed by atoms with E-state index in [1.165, 1.54) is 0 Å². The Morgan fingerprint density at radius 2 is 2.42 bits per heavy atom. The summed E-state index contributed by atoms with van der Waals surface area (Å²) in [7, 11) is 1.75. The van der Waals surface area contributed by atoms with E-state index in [4.69, 9.17) is 4.74 Å². The molecule has 3 heterocycles. The second kappa shape index (κ2) is 1.83. The molecule has 3 aliphatic rings. The Kier molecular flexibility index (Phi) is 1.04. The van der Waals surface area contributed by atoms with Gasteiger partial charge < -0.3 is 14.7 Å². The van der Waals surface area contributed by atoms with E-state index in [0.29, 0.717) is 6.42 Å².